The summed E-state index contributed by atoms with van der Waals surface area (Å²) in [5.41, 5.74) is 3.10. The van der Waals surface area contributed by atoms with Crippen LogP contribution >= 0.6 is 11.6 Å². The van der Waals surface area contributed by atoms with Gasteiger partial charge in [-0.3, -0.25) is 4.79 Å². The zero-order chi connectivity index (χ0) is 10.0. The highest BCUT2D eigenvalue weighted by atomic mass is 35.5. The first kappa shape index (κ1) is 10.1. The van der Waals surface area contributed by atoms with Crippen molar-refractivity contribution in [2.45, 2.75) is 13.8 Å². The molecule has 13 heavy (non-hydrogen) atoms. The van der Waals surface area contributed by atoms with Gasteiger partial charge in [0.1, 0.15) is 0 Å². The smallest absolute Gasteiger partial charge is 0.302 e. The van der Waals surface area contributed by atoms with Crippen LogP contribution in [-0.2, 0) is 0 Å². The van der Waals surface area contributed by atoms with Gasteiger partial charge in [0.2, 0.25) is 0 Å². The summed E-state index contributed by atoms with van der Waals surface area (Å²) in [5, 5.41) is -0.464. The summed E-state index contributed by atoms with van der Waals surface area (Å²) >= 11 is 5.37. The minimum absolute atomic E-state index is 0.464. The van der Waals surface area contributed by atoms with E-state index in [2.05, 4.69) is 0 Å². The monoisotopic (exact) mass is 197 g/mol. The Bertz CT molecular complexity index is 336. The van der Waals surface area contributed by atoms with Gasteiger partial charge in [-0.25, -0.2) is 0 Å². The number of halogens is 1. The molecule has 3 heteroatoms. The molecule has 0 saturated heterocycles. The van der Waals surface area contributed by atoms with Gasteiger partial charge >= 0.3 is 5.37 Å². The molecule has 0 N–H and O–H groups in total. The molecule has 2 nitrogen and oxygen atoms in total. The van der Waals surface area contributed by atoms with E-state index in [9.17, 15) is 4.79 Å². The number of benzene rings is 1. The van der Waals surface area contributed by atoms with Crippen LogP contribution in [0.1, 0.15) is 11.1 Å². The van der Waals surface area contributed by atoms with Crippen LogP contribution in [-0.4, -0.2) is 12.4 Å². The Hall–Kier alpha value is -1.02. The predicted molar refractivity (Wildman–Crippen MR) is 55.6 cm³/mol. The lowest BCUT2D eigenvalue weighted by molar-refractivity contribution is 0.265. The number of hydrogen-bond acceptors (Lipinski definition) is 1. The third-order valence-corrected chi connectivity index (χ3v) is 2.45. The van der Waals surface area contributed by atoms with Gasteiger partial charge in [0.25, 0.3) is 0 Å². The molecule has 0 aliphatic carbocycles. The van der Waals surface area contributed by atoms with Crippen molar-refractivity contribution < 1.29 is 4.79 Å². The van der Waals surface area contributed by atoms with E-state index in [-0.39, 0.29) is 0 Å². The van der Waals surface area contributed by atoms with Crippen molar-refractivity contribution in [1.29, 1.82) is 0 Å². The highest BCUT2D eigenvalue weighted by Gasteiger charge is 2.10. The molecule has 70 valence electrons. The number of amides is 1. The molecule has 1 aromatic rings. The molecule has 0 fully saturated rings. The normalized spacial score (nSPS) is 9.85. The molecule has 1 aromatic carbocycles. The summed E-state index contributed by atoms with van der Waals surface area (Å²) < 4.78 is 0. The number of hydrogen-bond donors (Lipinski definition) is 0. The lowest BCUT2D eigenvalue weighted by atomic mass is 10.1. The standard InChI is InChI=1S/C10H12ClNO/c1-7-5-4-6-9(8(7)2)12(3)10(11)13/h4-6H,1-3H3. The molecule has 0 radical (unpaired) electrons. The largest absolute Gasteiger partial charge is 0.320 e. The second-order valence-electron chi connectivity index (χ2n) is 3.03. The minimum atomic E-state index is -0.464. The van der Waals surface area contributed by atoms with Crippen LogP contribution in [0.5, 0.6) is 0 Å². The van der Waals surface area contributed by atoms with Gasteiger partial charge in [-0.05, 0) is 42.6 Å². The molecule has 0 aliphatic rings. The Balaban J connectivity index is 3.15. The Morgan fingerprint density at radius 1 is 1.38 bits per heavy atom. The van der Waals surface area contributed by atoms with Gasteiger partial charge in [-0.2, -0.15) is 0 Å². The van der Waals surface area contributed by atoms with Crippen molar-refractivity contribution in [3.05, 3.63) is 29.3 Å². The van der Waals surface area contributed by atoms with E-state index in [4.69, 9.17) is 11.6 Å². The molecule has 1 amide bonds. The summed E-state index contributed by atoms with van der Waals surface area (Å²) in [6.45, 7) is 3.98. The van der Waals surface area contributed by atoms with Crippen molar-refractivity contribution in [2.75, 3.05) is 11.9 Å². The molecule has 1 rings (SSSR count). The van der Waals surface area contributed by atoms with E-state index in [0.717, 1.165) is 16.8 Å². The maximum Gasteiger partial charge on any atom is 0.320 e. The zero-order valence-electron chi connectivity index (χ0n) is 7.97. The highest BCUT2D eigenvalue weighted by Crippen LogP contribution is 2.22. The molecule has 0 bridgehead atoms. The number of carbonyl (C=O) groups is 1. The van der Waals surface area contributed by atoms with E-state index in [1.807, 2.05) is 32.0 Å². The van der Waals surface area contributed by atoms with E-state index < -0.39 is 5.37 Å². The van der Waals surface area contributed by atoms with Gasteiger partial charge < -0.3 is 4.90 Å². The molecule has 0 heterocycles. The maximum absolute atomic E-state index is 10.9. The lowest BCUT2D eigenvalue weighted by Crippen LogP contribution is -2.20. The van der Waals surface area contributed by atoms with Gasteiger partial charge in [0, 0.05) is 12.7 Å². The summed E-state index contributed by atoms with van der Waals surface area (Å²) in [4.78, 5) is 12.3. The van der Waals surface area contributed by atoms with E-state index in [1.165, 1.54) is 4.90 Å². The topological polar surface area (TPSA) is 20.3 Å². The summed E-state index contributed by atoms with van der Waals surface area (Å²) in [6, 6.07) is 5.79. The van der Waals surface area contributed by atoms with Crippen molar-refractivity contribution in [3.63, 3.8) is 0 Å². The second-order valence-corrected chi connectivity index (χ2v) is 3.35. The third-order valence-electron chi connectivity index (χ3n) is 2.20. The molecular weight excluding hydrogens is 186 g/mol. The van der Waals surface area contributed by atoms with Crippen molar-refractivity contribution in [1.82, 2.24) is 0 Å². The molecule has 0 spiro atoms. The first-order valence-electron chi connectivity index (χ1n) is 4.03. The molecule has 0 aromatic heterocycles. The summed E-state index contributed by atoms with van der Waals surface area (Å²) in [6.07, 6.45) is 0. The molecule has 0 unspecified atom stereocenters. The summed E-state index contributed by atoms with van der Waals surface area (Å²) in [7, 11) is 1.66. The van der Waals surface area contributed by atoms with Gasteiger partial charge in [-0.15, -0.1) is 0 Å². The Labute approximate surface area is 83.1 Å². The Kier molecular flexibility index (Phi) is 2.94. The van der Waals surface area contributed by atoms with Gasteiger partial charge in [0.05, 0.1) is 0 Å². The van der Waals surface area contributed by atoms with Gasteiger partial charge in [-0.1, -0.05) is 12.1 Å². The van der Waals surface area contributed by atoms with E-state index in [0.29, 0.717) is 0 Å². The van der Waals surface area contributed by atoms with Crippen LogP contribution in [0, 0.1) is 13.8 Å². The van der Waals surface area contributed by atoms with Crippen LogP contribution in [0.3, 0.4) is 0 Å². The Morgan fingerprint density at radius 2 is 2.00 bits per heavy atom. The first-order chi connectivity index (χ1) is 6.04. The van der Waals surface area contributed by atoms with Crippen molar-refractivity contribution in [2.24, 2.45) is 0 Å². The minimum Gasteiger partial charge on any atom is -0.302 e. The fraction of sp³-hybridized carbons (Fsp3) is 0.300. The van der Waals surface area contributed by atoms with E-state index in [1.54, 1.807) is 7.05 Å². The zero-order valence-corrected chi connectivity index (χ0v) is 8.72. The quantitative estimate of drug-likeness (QED) is 0.501. The van der Waals surface area contributed by atoms with Crippen LogP contribution in [0.25, 0.3) is 0 Å². The van der Waals surface area contributed by atoms with Crippen LogP contribution in [0.2, 0.25) is 0 Å². The molecule has 0 atom stereocenters. The van der Waals surface area contributed by atoms with Crippen molar-refractivity contribution >= 4 is 22.7 Å². The second kappa shape index (κ2) is 3.79. The van der Waals surface area contributed by atoms with E-state index >= 15 is 0 Å². The predicted octanol–water partition coefficient (Wildman–Crippen LogP) is 3.10. The lowest BCUT2D eigenvalue weighted by Gasteiger charge is -2.17. The average molecular weight is 198 g/mol. The molecule has 0 aliphatic heterocycles. The number of nitrogens with zero attached hydrogens (tertiary/aromatic N) is 1. The molecule has 0 saturated carbocycles. The van der Waals surface area contributed by atoms with Crippen LogP contribution in [0.15, 0.2) is 18.2 Å². The molecular formula is C10H12ClNO. The fourth-order valence-electron chi connectivity index (χ4n) is 1.19. The van der Waals surface area contributed by atoms with Gasteiger partial charge in [0.15, 0.2) is 0 Å². The average Bonchev–Trinajstić information content (AvgIpc) is 2.08. The third kappa shape index (κ3) is 2.01. The fourth-order valence-corrected chi connectivity index (χ4v) is 1.28. The number of aryl methyl sites for hydroxylation is 1. The number of anilines is 1. The number of carbonyl (C=O) groups excluding carboxylic acids is 1. The van der Waals surface area contributed by atoms with Crippen molar-refractivity contribution in [3.8, 4) is 0 Å². The SMILES string of the molecule is Cc1cccc(N(C)C(=O)Cl)c1C. The van der Waals surface area contributed by atoms with Crippen LogP contribution < -0.4 is 4.90 Å². The maximum atomic E-state index is 10.9. The van der Waals surface area contributed by atoms with Crippen LogP contribution in [0.4, 0.5) is 10.5 Å². The summed E-state index contributed by atoms with van der Waals surface area (Å²) in [5.74, 6) is 0. The highest BCUT2D eigenvalue weighted by molar-refractivity contribution is 6.66. The first-order valence-corrected chi connectivity index (χ1v) is 4.41. The number of rotatable bonds is 1. The Morgan fingerprint density at radius 3 is 2.54 bits per heavy atom.